The molecule has 0 radical (unpaired) electrons. The molecule has 0 fully saturated rings. The minimum atomic E-state index is -0.291. The Morgan fingerprint density at radius 1 is 1.12 bits per heavy atom. The van der Waals surface area contributed by atoms with E-state index in [1.807, 2.05) is 6.07 Å². The summed E-state index contributed by atoms with van der Waals surface area (Å²) in [5.41, 5.74) is 0.588. The van der Waals surface area contributed by atoms with E-state index in [0.717, 1.165) is 6.29 Å². The molecule has 1 aromatic carbocycles. The Labute approximate surface area is 96.2 Å². The third-order valence-corrected chi connectivity index (χ3v) is 1.19. The zero-order valence-corrected chi connectivity index (χ0v) is 10.1. The second kappa shape index (κ2) is 13.3. The molecular weight excluding hydrogens is 208 g/mol. The van der Waals surface area contributed by atoms with Crippen LogP contribution in [0.2, 0.25) is 0 Å². The lowest BCUT2D eigenvalue weighted by Crippen LogP contribution is -1.99. The molecule has 0 amide bonds. The number of benzene rings is 1. The molecule has 4 nitrogen and oxygen atoms in total. The van der Waals surface area contributed by atoms with Crippen molar-refractivity contribution in [1.29, 1.82) is 0 Å². The molecule has 0 spiro atoms. The summed E-state index contributed by atoms with van der Waals surface area (Å²) in [5, 5.41) is 0. The predicted molar refractivity (Wildman–Crippen MR) is 62.5 cm³/mol. The van der Waals surface area contributed by atoms with E-state index in [0.29, 0.717) is 5.56 Å². The van der Waals surface area contributed by atoms with Gasteiger partial charge in [0.05, 0.1) is 12.7 Å². The number of hydrogen-bond acceptors (Lipinski definition) is 4. The number of ether oxygens (including phenoxy) is 2. The van der Waals surface area contributed by atoms with Crippen LogP contribution in [0.5, 0.6) is 0 Å². The van der Waals surface area contributed by atoms with Crippen molar-refractivity contribution in [1.82, 2.24) is 0 Å². The van der Waals surface area contributed by atoms with Gasteiger partial charge in [0, 0.05) is 14.2 Å². The third kappa shape index (κ3) is 10.4. The van der Waals surface area contributed by atoms with Crippen molar-refractivity contribution >= 4 is 12.3 Å². The first-order chi connectivity index (χ1) is 7.67. The fourth-order valence-electron chi connectivity index (χ4n) is 0.692. The third-order valence-electron chi connectivity index (χ3n) is 1.19. The standard InChI is InChI=1S/C8H8O2.C2H6O.C2H4O/c1-10-8(9)7-5-3-2-4-6-7;1-3-2;1-2-3/h2-6H,1H3;1-2H3;2H,1H3. The summed E-state index contributed by atoms with van der Waals surface area (Å²) in [7, 11) is 4.62. The quantitative estimate of drug-likeness (QED) is 0.542. The molecule has 0 aliphatic carbocycles. The smallest absolute Gasteiger partial charge is 0.337 e. The van der Waals surface area contributed by atoms with Gasteiger partial charge in [-0.25, -0.2) is 4.79 Å². The SMILES string of the molecule is CC=O.COC.COC(=O)c1ccccc1. The average Bonchev–Trinajstić information content (AvgIpc) is 2.31. The molecule has 0 saturated carbocycles. The number of esters is 1. The molecule has 1 rings (SSSR count). The van der Waals surface area contributed by atoms with Crippen LogP contribution in [0.1, 0.15) is 17.3 Å². The van der Waals surface area contributed by atoms with E-state index < -0.39 is 0 Å². The van der Waals surface area contributed by atoms with E-state index in [2.05, 4.69) is 9.47 Å². The van der Waals surface area contributed by atoms with Gasteiger partial charge in [-0.1, -0.05) is 18.2 Å². The molecule has 90 valence electrons. The number of hydrogen-bond donors (Lipinski definition) is 0. The molecule has 0 aromatic heterocycles. The van der Waals surface area contributed by atoms with Gasteiger partial charge in [0.2, 0.25) is 0 Å². The summed E-state index contributed by atoms with van der Waals surface area (Å²) in [6.07, 6.45) is 0.750. The zero-order chi connectivity index (χ0) is 12.8. The van der Waals surface area contributed by atoms with Gasteiger partial charge in [0.1, 0.15) is 6.29 Å². The van der Waals surface area contributed by atoms with Gasteiger partial charge in [-0.15, -0.1) is 0 Å². The molecule has 1 aromatic rings. The fraction of sp³-hybridized carbons (Fsp3) is 0.333. The average molecular weight is 226 g/mol. The van der Waals surface area contributed by atoms with Crippen molar-refractivity contribution < 1.29 is 19.1 Å². The second-order valence-corrected chi connectivity index (χ2v) is 2.50. The lowest BCUT2D eigenvalue weighted by Gasteiger charge is -1.95. The van der Waals surface area contributed by atoms with Gasteiger partial charge in [-0.05, 0) is 19.1 Å². The monoisotopic (exact) mass is 226 g/mol. The van der Waals surface area contributed by atoms with Crippen LogP contribution in [0.25, 0.3) is 0 Å². The van der Waals surface area contributed by atoms with Crippen molar-refractivity contribution in [2.75, 3.05) is 21.3 Å². The van der Waals surface area contributed by atoms with Crippen LogP contribution in [-0.4, -0.2) is 33.6 Å². The van der Waals surface area contributed by atoms with Gasteiger partial charge in [0.15, 0.2) is 0 Å². The summed E-state index contributed by atoms with van der Waals surface area (Å²) in [4.78, 5) is 19.6. The van der Waals surface area contributed by atoms with E-state index in [4.69, 9.17) is 4.79 Å². The second-order valence-electron chi connectivity index (χ2n) is 2.50. The predicted octanol–water partition coefficient (Wildman–Crippen LogP) is 1.94. The lowest BCUT2D eigenvalue weighted by atomic mass is 10.2. The van der Waals surface area contributed by atoms with Crippen LogP contribution >= 0.6 is 0 Å². The van der Waals surface area contributed by atoms with E-state index in [-0.39, 0.29) is 5.97 Å². The largest absolute Gasteiger partial charge is 0.465 e. The molecule has 0 aliphatic rings. The lowest BCUT2D eigenvalue weighted by molar-refractivity contribution is -0.106. The van der Waals surface area contributed by atoms with Gasteiger partial charge in [-0.2, -0.15) is 0 Å². The summed E-state index contributed by atoms with van der Waals surface area (Å²) < 4.78 is 8.75. The zero-order valence-electron chi connectivity index (χ0n) is 10.1. The Hall–Kier alpha value is -1.68. The number of carbonyl (C=O) groups excluding carboxylic acids is 2. The van der Waals surface area contributed by atoms with E-state index in [1.54, 1.807) is 38.5 Å². The van der Waals surface area contributed by atoms with E-state index in [9.17, 15) is 4.79 Å². The summed E-state index contributed by atoms with van der Waals surface area (Å²) in [5.74, 6) is -0.291. The minimum absolute atomic E-state index is 0.291. The molecular formula is C12H18O4. The molecule has 0 bridgehead atoms. The highest BCUT2D eigenvalue weighted by molar-refractivity contribution is 5.89. The minimum Gasteiger partial charge on any atom is -0.465 e. The topological polar surface area (TPSA) is 52.6 Å². The maximum atomic E-state index is 10.8. The van der Waals surface area contributed by atoms with E-state index >= 15 is 0 Å². The summed E-state index contributed by atoms with van der Waals surface area (Å²) in [6, 6.07) is 8.88. The number of aldehydes is 1. The van der Waals surface area contributed by atoms with Gasteiger partial charge >= 0.3 is 5.97 Å². The Kier molecular flexibility index (Phi) is 13.9. The van der Waals surface area contributed by atoms with Gasteiger partial charge in [0.25, 0.3) is 0 Å². The first-order valence-electron chi connectivity index (χ1n) is 4.61. The van der Waals surface area contributed by atoms with Crippen molar-refractivity contribution in [3.63, 3.8) is 0 Å². The fourth-order valence-corrected chi connectivity index (χ4v) is 0.692. The molecule has 0 aliphatic heterocycles. The van der Waals surface area contributed by atoms with Crippen LogP contribution in [0.15, 0.2) is 30.3 Å². The molecule has 0 heterocycles. The highest BCUT2D eigenvalue weighted by Crippen LogP contribution is 1.98. The maximum Gasteiger partial charge on any atom is 0.337 e. The molecule has 16 heavy (non-hydrogen) atoms. The van der Waals surface area contributed by atoms with Crippen molar-refractivity contribution in [3.8, 4) is 0 Å². The number of methoxy groups -OCH3 is 2. The molecule has 0 unspecified atom stereocenters. The highest BCUT2D eigenvalue weighted by atomic mass is 16.5. The van der Waals surface area contributed by atoms with Crippen LogP contribution in [0.4, 0.5) is 0 Å². The maximum absolute atomic E-state index is 10.8. The van der Waals surface area contributed by atoms with Crippen molar-refractivity contribution in [2.45, 2.75) is 6.92 Å². The Bertz CT molecular complexity index is 270. The van der Waals surface area contributed by atoms with Gasteiger partial charge < -0.3 is 14.3 Å². The molecule has 0 atom stereocenters. The van der Waals surface area contributed by atoms with Crippen LogP contribution in [0.3, 0.4) is 0 Å². The molecule has 4 heteroatoms. The van der Waals surface area contributed by atoms with Crippen LogP contribution in [0, 0.1) is 0 Å². The van der Waals surface area contributed by atoms with Crippen molar-refractivity contribution in [2.24, 2.45) is 0 Å². The summed E-state index contributed by atoms with van der Waals surface area (Å²) in [6.45, 7) is 1.44. The Balaban J connectivity index is 0. The highest BCUT2D eigenvalue weighted by Gasteiger charge is 2.00. The number of rotatable bonds is 1. The number of carbonyl (C=O) groups is 2. The molecule has 0 saturated heterocycles. The normalized spacial score (nSPS) is 7.50. The van der Waals surface area contributed by atoms with Crippen LogP contribution in [-0.2, 0) is 14.3 Å². The van der Waals surface area contributed by atoms with E-state index in [1.165, 1.54) is 14.0 Å². The first kappa shape index (κ1) is 16.7. The first-order valence-corrected chi connectivity index (χ1v) is 4.61. The molecule has 0 N–H and O–H groups in total. The Morgan fingerprint density at radius 3 is 1.81 bits per heavy atom. The van der Waals surface area contributed by atoms with Crippen molar-refractivity contribution in [3.05, 3.63) is 35.9 Å². The Morgan fingerprint density at radius 2 is 1.50 bits per heavy atom. The summed E-state index contributed by atoms with van der Waals surface area (Å²) >= 11 is 0. The van der Waals surface area contributed by atoms with Crippen LogP contribution < -0.4 is 0 Å². The van der Waals surface area contributed by atoms with Gasteiger partial charge in [-0.3, -0.25) is 0 Å².